The third-order valence-electron chi connectivity index (χ3n) is 5.34. The highest BCUT2D eigenvalue weighted by molar-refractivity contribution is 7.09. The molecule has 0 saturated carbocycles. The molecule has 8 heteroatoms. The molecular weight excluding hydrogens is 410 g/mol. The molecule has 0 unspecified atom stereocenters. The lowest BCUT2D eigenvalue weighted by atomic mass is 9.93. The van der Waals surface area contributed by atoms with Gasteiger partial charge in [-0.25, -0.2) is 4.98 Å². The summed E-state index contributed by atoms with van der Waals surface area (Å²) in [6.07, 6.45) is 2.40. The van der Waals surface area contributed by atoms with Crippen LogP contribution in [0.15, 0.2) is 41.9 Å². The number of carbonyl (C=O) groups excluding carboxylic acids is 2. The predicted molar refractivity (Wildman–Crippen MR) is 120 cm³/mol. The van der Waals surface area contributed by atoms with E-state index in [0.29, 0.717) is 38.3 Å². The van der Waals surface area contributed by atoms with Crippen molar-refractivity contribution in [2.24, 2.45) is 5.41 Å². The zero-order valence-corrected chi connectivity index (χ0v) is 18.9. The number of nitrogens with zero attached hydrogens (tertiary/aromatic N) is 4. The highest BCUT2D eigenvalue weighted by Gasteiger charge is 2.34. The van der Waals surface area contributed by atoms with Crippen LogP contribution in [0.2, 0.25) is 0 Å². The fourth-order valence-electron chi connectivity index (χ4n) is 3.79. The second-order valence-corrected chi connectivity index (χ2v) is 9.73. The molecule has 1 aromatic carbocycles. The van der Waals surface area contributed by atoms with Crippen molar-refractivity contribution in [2.75, 3.05) is 6.54 Å². The Hall–Kier alpha value is -3.00. The predicted octanol–water partition coefficient (Wildman–Crippen LogP) is 3.25. The summed E-state index contributed by atoms with van der Waals surface area (Å²) < 4.78 is 1.92. The number of aromatic nitrogens is 3. The maximum atomic E-state index is 13.0. The normalized spacial score (nSPS) is 13.7. The number of rotatable bonds is 5. The van der Waals surface area contributed by atoms with E-state index in [9.17, 15) is 9.59 Å². The molecule has 7 nitrogen and oxygen atoms in total. The first kappa shape index (κ1) is 21.2. The quantitative estimate of drug-likeness (QED) is 0.665. The van der Waals surface area contributed by atoms with Gasteiger partial charge >= 0.3 is 0 Å². The summed E-state index contributed by atoms with van der Waals surface area (Å²) in [5, 5.41) is 10.4. The Labute approximate surface area is 186 Å². The minimum Gasteiger partial charge on any atom is -0.344 e. The molecule has 0 saturated heterocycles. The number of hydrogen-bond acceptors (Lipinski definition) is 5. The molecule has 0 aliphatic carbocycles. The molecule has 31 heavy (non-hydrogen) atoms. The van der Waals surface area contributed by atoms with Crippen LogP contribution in [-0.2, 0) is 30.8 Å². The van der Waals surface area contributed by atoms with Gasteiger partial charge in [-0.15, -0.1) is 11.3 Å². The average molecular weight is 438 g/mol. The topological polar surface area (TPSA) is 80.1 Å². The van der Waals surface area contributed by atoms with Crippen molar-refractivity contribution in [1.29, 1.82) is 0 Å². The first-order valence-corrected chi connectivity index (χ1v) is 11.3. The summed E-state index contributed by atoms with van der Waals surface area (Å²) in [7, 11) is 0. The average Bonchev–Trinajstić information content (AvgIpc) is 3.39. The second kappa shape index (κ2) is 8.63. The monoisotopic (exact) mass is 437 g/mol. The van der Waals surface area contributed by atoms with Gasteiger partial charge in [0.2, 0.25) is 5.91 Å². The van der Waals surface area contributed by atoms with E-state index in [1.165, 1.54) is 11.3 Å². The molecule has 1 aliphatic rings. The highest BCUT2D eigenvalue weighted by atomic mass is 32.1. The van der Waals surface area contributed by atoms with Gasteiger partial charge in [0, 0.05) is 47.8 Å². The molecule has 162 valence electrons. The number of fused-ring (bicyclic) bond motifs is 1. The molecule has 1 aliphatic heterocycles. The van der Waals surface area contributed by atoms with Gasteiger partial charge in [-0.2, -0.15) is 5.10 Å². The van der Waals surface area contributed by atoms with Crippen molar-refractivity contribution in [3.63, 3.8) is 0 Å². The fourth-order valence-corrected chi connectivity index (χ4v) is 4.34. The van der Waals surface area contributed by atoms with Crippen LogP contribution in [0.3, 0.4) is 0 Å². The molecule has 0 fully saturated rings. The first-order valence-electron chi connectivity index (χ1n) is 10.4. The summed E-state index contributed by atoms with van der Waals surface area (Å²) in [6, 6.07) is 10.1. The Morgan fingerprint density at radius 1 is 1.19 bits per heavy atom. The zero-order valence-electron chi connectivity index (χ0n) is 18.1. The molecule has 2 amide bonds. The number of amides is 2. The van der Waals surface area contributed by atoms with Crippen LogP contribution in [-0.4, -0.2) is 38.0 Å². The zero-order chi connectivity index (χ0) is 22.0. The minimum atomic E-state index is -0.467. The maximum absolute atomic E-state index is 13.0. The summed E-state index contributed by atoms with van der Waals surface area (Å²) in [5.74, 6) is -0.147. The lowest BCUT2D eigenvalue weighted by Crippen LogP contribution is -2.43. The molecule has 0 atom stereocenters. The van der Waals surface area contributed by atoms with Gasteiger partial charge in [0.25, 0.3) is 5.91 Å². The van der Waals surface area contributed by atoms with E-state index in [2.05, 4.69) is 22.4 Å². The lowest BCUT2D eigenvalue weighted by Gasteiger charge is -2.32. The van der Waals surface area contributed by atoms with E-state index >= 15 is 0 Å². The Morgan fingerprint density at radius 2 is 1.97 bits per heavy atom. The van der Waals surface area contributed by atoms with E-state index in [0.717, 1.165) is 21.8 Å². The van der Waals surface area contributed by atoms with Crippen molar-refractivity contribution in [1.82, 2.24) is 25.0 Å². The van der Waals surface area contributed by atoms with Gasteiger partial charge in [-0.1, -0.05) is 51.1 Å². The van der Waals surface area contributed by atoms with Gasteiger partial charge in [0.1, 0.15) is 5.01 Å². The molecule has 3 heterocycles. The Bertz CT molecular complexity index is 1070. The van der Waals surface area contributed by atoms with E-state index in [1.807, 2.05) is 53.9 Å². The third-order valence-corrected chi connectivity index (χ3v) is 6.12. The molecule has 1 N–H and O–H groups in total. The molecule has 3 aromatic rings. The van der Waals surface area contributed by atoms with Crippen LogP contribution in [0.5, 0.6) is 0 Å². The van der Waals surface area contributed by atoms with Crippen LogP contribution in [0.25, 0.3) is 0 Å². The van der Waals surface area contributed by atoms with Gasteiger partial charge in [0.05, 0.1) is 13.1 Å². The summed E-state index contributed by atoms with van der Waals surface area (Å²) >= 11 is 1.50. The van der Waals surface area contributed by atoms with Crippen LogP contribution < -0.4 is 5.32 Å². The Kier molecular flexibility index (Phi) is 5.91. The Balaban J connectivity index is 1.63. The first-order chi connectivity index (χ1) is 14.8. The van der Waals surface area contributed by atoms with Gasteiger partial charge in [0.15, 0.2) is 5.69 Å². The number of hydrogen-bond donors (Lipinski definition) is 1. The van der Waals surface area contributed by atoms with E-state index in [1.54, 1.807) is 6.20 Å². The molecule has 0 spiro atoms. The van der Waals surface area contributed by atoms with Crippen molar-refractivity contribution in [3.05, 3.63) is 69.4 Å². The van der Waals surface area contributed by atoms with Crippen molar-refractivity contribution in [3.8, 4) is 0 Å². The molecular formula is C23H27N5O2S. The number of nitrogens with one attached hydrogen (secondary N) is 1. The maximum Gasteiger partial charge on any atom is 0.272 e. The number of carbonyl (C=O) groups is 2. The number of thiazole rings is 1. The van der Waals surface area contributed by atoms with E-state index < -0.39 is 5.41 Å². The molecule has 0 bridgehead atoms. The highest BCUT2D eigenvalue weighted by Crippen LogP contribution is 2.27. The molecule has 4 rings (SSSR count). The summed E-state index contributed by atoms with van der Waals surface area (Å²) in [4.78, 5) is 32.0. The lowest BCUT2D eigenvalue weighted by molar-refractivity contribution is -0.140. The van der Waals surface area contributed by atoms with Crippen LogP contribution in [0.4, 0.5) is 0 Å². The molecule has 2 aromatic heterocycles. The summed E-state index contributed by atoms with van der Waals surface area (Å²) in [5.41, 5.74) is 2.92. The van der Waals surface area contributed by atoms with Crippen molar-refractivity contribution in [2.45, 2.75) is 46.8 Å². The van der Waals surface area contributed by atoms with Crippen molar-refractivity contribution < 1.29 is 9.59 Å². The molecule has 0 radical (unpaired) electrons. The van der Waals surface area contributed by atoms with Crippen LogP contribution >= 0.6 is 11.3 Å². The van der Waals surface area contributed by atoms with Gasteiger partial charge in [-0.05, 0) is 5.56 Å². The fraction of sp³-hybridized carbons (Fsp3) is 0.391. The van der Waals surface area contributed by atoms with E-state index in [4.69, 9.17) is 5.10 Å². The minimum absolute atomic E-state index is 0.0862. The SMILES string of the molecule is CC(C)(C)C(=O)N1CCc2c(c(C(=O)NCc3nccs3)nn2Cc2ccccc2)C1. The largest absolute Gasteiger partial charge is 0.344 e. The van der Waals surface area contributed by atoms with Crippen LogP contribution in [0, 0.1) is 5.41 Å². The van der Waals surface area contributed by atoms with Gasteiger partial charge in [-0.3, -0.25) is 14.3 Å². The van der Waals surface area contributed by atoms with Crippen LogP contribution in [0.1, 0.15) is 53.1 Å². The second-order valence-electron chi connectivity index (χ2n) is 8.75. The standard InChI is InChI=1S/C23H27N5O2S/c1-23(2,3)22(30)27-11-9-18-17(15-27)20(21(29)25-13-19-24-10-12-31-19)26-28(18)14-16-7-5-4-6-8-16/h4-8,10,12H,9,11,13-15H2,1-3H3,(H,25,29). The van der Waals surface area contributed by atoms with Crippen molar-refractivity contribution >= 4 is 23.2 Å². The number of benzene rings is 1. The Morgan fingerprint density at radius 3 is 2.65 bits per heavy atom. The third kappa shape index (κ3) is 4.69. The van der Waals surface area contributed by atoms with Gasteiger partial charge < -0.3 is 10.2 Å². The van der Waals surface area contributed by atoms with E-state index in [-0.39, 0.29) is 11.8 Å². The smallest absolute Gasteiger partial charge is 0.272 e. The summed E-state index contributed by atoms with van der Waals surface area (Å²) in [6.45, 7) is 7.75.